The molecule has 0 aliphatic heterocycles. The summed E-state index contributed by atoms with van der Waals surface area (Å²) in [5.74, 6) is 0. The van der Waals surface area contributed by atoms with Gasteiger partial charge in [0.1, 0.15) is 0 Å². The number of aliphatic hydroxyl groups excluding tert-OH is 1. The van der Waals surface area contributed by atoms with Crippen LogP contribution in [-0.2, 0) is 6.18 Å². The summed E-state index contributed by atoms with van der Waals surface area (Å²) in [7, 11) is 0. The smallest absolute Gasteiger partial charge is 0.387 e. The molecule has 0 amide bonds. The van der Waals surface area contributed by atoms with E-state index in [4.69, 9.17) is 0 Å². The van der Waals surface area contributed by atoms with Gasteiger partial charge >= 0.3 is 6.18 Å². The third-order valence-corrected chi connectivity index (χ3v) is 5.07. The molecule has 1 aliphatic carbocycles. The molecular weight excluding hydrogens is 287 g/mol. The minimum atomic E-state index is -4.33. The van der Waals surface area contributed by atoms with Crippen molar-refractivity contribution in [3.05, 3.63) is 35.4 Å². The molecule has 1 aromatic carbocycles. The van der Waals surface area contributed by atoms with E-state index in [0.29, 0.717) is 16.9 Å². The first-order chi connectivity index (χ1) is 9.36. The van der Waals surface area contributed by atoms with Crippen molar-refractivity contribution in [3.63, 3.8) is 0 Å². The second kappa shape index (κ2) is 5.95. The van der Waals surface area contributed by atoms with Crippen LogP contribution in [-0.4, -0.2) is 29.2 Å². The van der Waals surface area contributed by atoms with E-state index < -0.39 is 17.8 Å². The highest BCUT2D eigenvalue weighted by Crippen LogP contribution is 2.46. The topological polar surface area (TPSA) is 32.3 Å². The minimum Gasteiger partial charge on any atom is -0.387 e. The first kappa shape index (κ1) is 15.7. The fraction of sp³-hybridized carbons (Fsp3) is 0.571. The Hall–Kier alpha value is -0.720. The maximum atomic E-state index is 12.4. The van der Waals surface area contributed by atoms with Crippen LogP contribution >= 0.6 is 11.8 Å². The zero-order valence-corrected chi connectivity index (χ0v) is 12.0. The molecule has 0 radical (unpaired) electrons. The van der Waals surface area contributed by atoms with Crippen molar-refractivity contribution in [3.8, 4) is 0 Å². The van der Waals surface area contributed by atoms with Crippen LogP contribution in [0, 0.1) is 0 Å². The number of halogens is 3. The number of benzene rings is 1. The van der Waals surface area contributed by atoms with E-state index in [9.17, 15) is 18.3 Å². The van der Waals surface area contributed by atoms with Gasteiger partial charge in [0, 0.05) is 17.8 Å². The molecule has 1 saturated carbocycles. The Morgan fingerprint density at radius 3 is 2.35 bits per heavy atom. The van der Waals surface area contributed by atoms with Gasteiger partial charge in [0.15, 0.2) is 0 Å². The summed E-state index contributed by atoms with van der Waals surface area (Å²) in [6.45, 7) is 1.18. The van der Waals surface area contributed by atoms with E-state index in [1.807, 2.05) is 11.8 Å². The molecule has 2 N–H and O–H groups in total. The lowest BCUT2D eigenvalue weighted by molar-refractivity contribution is -0.137. The molecule has 0 saturated heterocycles. The molecule has 0 spiro atoms. The standard InChI is InChI=1S/C14H18F3NOS/c1-20-13(6-7-13)9-18-8-12(19)10-2-4-11(5-3-10)14(15,16)17/h2-5,12,18-19H,6-9H2,1H3. The van der Waals surface area contributed by atoms with Crippen LogP contribution in [0.15, 0.2) is 24.3 Å². The lowest BCUT2D eigenvalue weighted by atomic mass is 10.1. The normalized spacial score (nSPS) is 18.9. The molecule has 2 nitrogen and oxygen atoms in total. The van der Waals surface area contributed by atoms with Crippen molar-refractivity contribution in [1.82, 2.24) is 5.32 Å². The number of aliphatic hydroxyl groups is 1. The van der Waals surface area contributed by atoms with Gasteiger partial charge < -0.3 is 10.4 Å². The average molecular weight is 305 g/mol. The number of rotatable bonds is 6. The molecule has 1 aliphatic rings. The predicted molar refractivity (Wildman–Crippen MR) is 74.8 cm³/mol. The fourth-order valence-electron chi connectivity index (χ4n) is 2.04. The zero-order valence-electron chi connectivity index (χ0n) is 11.2. The summed E-state index contributed by atoms with van der Waals surface area (Å²) in [4.78, 5) is 0. The summed E-state index contributed by atoms with van der Waals surface area (Å²) in [6.07, 6.45) is -0.691. The Balaban J connectivity index is 1.84. The summed E-state index contributed by atoms with van der Waals surface area (Å²) in [6, 6.07) is 4.67. The van der Waals surface area contributed by atoms with Crippen LogP contribution in [0.5, 0.6) is 0 Å². The summed E-state index contributed by atoms with van der Waals surface area (Å²) in [5.41, 5.74) is -0.194. The molecule has 1 atom stereocenters. The van der Waals surface area contributed by atoms with Crippen LogP contribution in [0.4, 0.5) is 13.2 Å². The Bertz CT molecular complexity index is 443. The predicted octanol–water partition coefficient (Wildman–Crippen LogP) is 3.22. The monoisotopic (exact) mass is 305 g/mol. The van der Waals surface area contributed by atoms with Crippen LogP contribution in [0.3, 0.4) is 0 Å². The van der Waals surface area contributed by atoms with Crippen LogP contribution in [0.25, 0.3) is 0 Å². The van der Waals surface area contributed by atoms with Crippen molar-refractivity contribution in [1.29, 1.82) is 0 Å². The summed E-state index contributed by atoms with van der Waals surface area (Å²) < 4.78 is 37.6. The SMILES string of the molecule is CSC1(CNCC(O)c2ccc(C(F)(F)F)cc2)CC1. The van der Waals surface area contributed by atoms with E-state index in [1.165, 1.54) is 25.0 Å². The van der Waals surface area contributed by atoms with Gasteiger partial charge in [0.25, 0.3) is 0 Å². The van der Waals surface area contributed by atoms with Gasteiger partial charge in [0.05, 0.1) is 11.7 Å². The largest absolute Gasteiger partial charge is 0.416 e. The molecule has 1 fully saturated rings. The third-order valence-electron chi connectivity index (χ3n) is 3.65. The lowest BCUT2D eigenvalue weighted by Crippen LogP contribution is -2.29. The van der Waals surface area contributed by atoms with Gasteiger partial charge in [0.2, 0.25) is 0 Å². The highest BCUT2D eigenvalue weighted by molar-refractivity contribution is 8.00. The van der Waals surface area contributed by atoms with Gasteiger partial charge in [-0.1, -0.05) is 12.1 Å². The maximum Gasteiger partial charge on any atom is 0.416 e. The average Bonchev–Trinajstić information content (AvgIpc) is 3.18. The van der Waals surface area contributed by atoms with Gasteiger partial charge in [-0.05, 0) is 36.8 Å². The molecular formula is C14H18F3NOS. The van der Waals surface area contributed by atoms with Gasteiger partial charge in [-0.3, -0.25) is 0 Å². The van der Waals surface area contributed by atoms with Gasteiger partial charge in [-0.2, -0.15) is 24.9 Å². The Labute approximate surface area is 120 Å². The quantitative estimate of drug-likeness (QED) is 0.846. The Morgan fingerprint density at radius 2 is 1.90 bits per heavy atom. The van der Waals surface area contributed by atoms with Gasteiger partial charge in [-0.15, -0.1) is 0 Å². The summed E-state index contributed by atoms with van der Waals surface area (Å²) in [5, 5.41) is 13.1. The third kappa shape index (κ3) is 3.90. The van der Waals surface area contributed by atoms with Crippen molar-refractivity contribution in [2.75, 3.05) is 19.3 Å². The van der Waals surface area contributed by atoms with Crippen LogP contribution < -0.4 is 5.32 Å². The van der Waals surface area contributed by atoms with Crippen molar-refractivity contribution < 1.29 is 18.3 Å². The molecule has 20 heavy (non-hydrogen) atoms. The molecule has 6 heteroatoms. The van der Waals surface area contributed by atoms with E-state index in [1.54, 1.807) is 0 Å². The fourth-order valence-corrected chi connectivity index (χ4v) is 2.80. The lowest BCUT2D eigenvalue weighted by Gasteiger charge is -2.17. The Kier molecular flexibility index (Phi) is 4.66. The molecule has 0 aromatic heterocycles. The first-order valence-electron chi connectivity index (χ1n) is 6.47. The molecule has 0 heterocycles. The van der Waals surface area contributed by atoms with Crippen molar-refractivity contribution in [2.45, 2.75) is 29.9 Å². The number of thioether (sulfide) groups is 1. The van der Waals surface area contributed by atoms with E-state index in [0.717, 1.165) is 18.7 Å². The number of alkyl halides is 3. The molecule has 2 rings (SSSR count). The number of hydrogen-bond donors (Lipinski definition) is 2. The van der Waals surface area contributed by atoms with E-state index in [2.05, 4.69) is 11.6 Å². The highest BCUT2D eigenvalue weighted by Gasteiger charge is 2.41. The molecule has 0 bridgehead atoms. The van der Waals surface area contributed by atoms with Crippen LogP contribution in [0.1, 0.15) is 30.1 Å². The second-order valence-electron chi connectivity index (χ2n) is 5.15. The molecule has 1 unspecified atom stereocenters. The van der Waals surface area contributed by atoms with Crippen molar-refractivity contribution in [2.24, 2.45) is 0 Å². The van der Waals surface area contributed by atoms with E-state index in [-0.39, 0.29) is 0 Å². The minimum absolute atomic E-state index is 0.305. The van der Waals surface area contributed by atoms with E-state index >= 15 is 0 Å². The second-order valence-corrected chi connectivity index (χ2v) is 6.43. The molecule has 1 aromatic rings. The van der Waals surface area contributed by atoms with Crippen molar-refractivity contribution >= 4 is 11.8 Å². The summed E-state index contributed by atoms with van der Waals surface area (Å²) >= 11 is 1.82. The number of nitrogens with one attached hydrogen (secondary N) is 1. The first-order valence-corrected chi connectivity index (χ1v) is 7.70. The maximum absolute atomic E-state index is 12.4. The van der Waals surface area contributed by atoms with Gasteiger partial charge in [-0.25, -0.2) is 0 Å². The molecule has 112 valence electrons. The van der Waals surface area contributed by atoms with Crippen LogP contribution in [0.2, 0.25) is 0 Å². The number of hydrogen-bond acceptors (Lipinski definition) is 3. The Morgan fingerprint density at radius 1 is 1.30 bits per heavy atom. The zero-order chi connectivity index (χ0) is 14.8. The highest BCUT2D eigenvalue weighted by atomic mass is 32.2.